The highest BCUT2D eigenvalue weighted by atomic mass is 35.5. The predicted molar refractivity (Wildman–Crippen MR) is 67.7 cm³/mol. The Morgan fingerprint density at radius 2 is 2.35 bits per heavy atom. The second-order valence-corrected chi connectivity index (χ2v) is 4.47. The number of nitrogens with zero attached hydrogens (tertiary/aromatic N) is 1. The molecule has 1 fully saturated rings. The maximum atomic E-state index is 12.1. The Labute approximate surface area is 108 Å². The van der Waals surface area contributed by atoms with Gasteiger partial charge in [0, 0.05) is 13.1 Å². The van der Waals surface area contributed by atoms with Gasteiger partial charge in [0.15, 0.2) is 0 Å². The maximum absolute atomic E-state index is 12.1. The summed E-state index contributed by atoms with van der Waals surface area (Å²) in [4.78, 5) is 13.8. The van der Waals surface area contributed by atoms with Gasteiger partial charge in [-0.15, -0.1) is 12.4 Å². The van der Waals surface area contributed by atoms with E-state index >= 15 is 0 Å². The highest BCUT2D eigenvalue weighted by Crippen LogP contribution is 2.25. The number of rotatable bonds is 3. The SMILES string of the molecule is CN(Cc1ccco1)C(=O)C1CCCC1N.Cl. The Hall–Kier alpha value is -1.00. The van der Waals surface area contributed by atoms with Crippen LogP contribution in [0.3, 0.4) is 0 Å². The largest absolute Gasteiger partial charge is 0.467 e. The lowest BCUT2D eigenvalue weighted by atomic mass is 10.0. The molecule has 5 heteroatoms. The minimum Gasteiger partial charge on any atom is -0.467 e. The number of furan rings is 1. The van der Waals surface area contributed by atoms with Crippen molar-refractivity contribution < 1.29 is 9.21 Å². The first kappa shape index (κ1) is 14.1. The molecule has 0 spiro atoms. The Kier molecular flexibility index (Phi) is 5.02. The zero-order valence-corrected chi connectivity index (χ0v) is 10.8. The van der Waals surface area contributed by atoms with E-state index in [2.05, 4.69) is 0 Å². The Balaban J connectivity index is 0.00000144. The van der Waals surface area contributed by atoms with E-state index in [1.54, 1.807) is 18.2 Å². The number of hydrogen-bond donors (Lipinski definition) is 1. The van der Waals surface area contributed by atoms with Crippen molar-refractivity contribution in [2.45, 2.75) is 31.8 Å². The lowest BCUT2D eigenvalue weighted by Crippen LogP contribution is -2.39. The fourth-order valence-electron chi connectivity index (χ4n) is 2.29. The van der Waals surface area contributed by atoms with Crippen LogP contribution in [0.25, 0.3) is 0 Å². The van der Waals surface area contributed by atoms with E-state index in [1.807, 2.05) is 12.1 Å². The molecule has 0 aromatic carbocycles. The van der Waals surface area contributed by atoms with Gasteiger partial charge < -0.3 is 15.1 Å². The minimum absolute atomic E-state index is 0. The van der Waals surface area contributed by atoms with Crippen LogP contribution in [0.15, 0.2) is 22.8 Å². The van der Waals surface area contributed by atoms with Crippen LogP contribution in [-0.4, -0.2) is 23.9 Å². The number of hydrogen-bond acceptors (Lipinski definition) is 3. The van der Waals surface area contributed by atoms with E-state index in [4.69, 9.17) is 10.2 Å². The van der Waals surface area contributed by atoms with Gasteiger partial charge in [-0.05, 0) is 25.0 Å². The number of carbonyl (C=O) groups excluding carboxylic acids is 1. The molecule has 0 radical (unpaired) electrons. The van der Waals surface area contributed by atoms with E-state index in [1.165, 1.54) is 0 Å². The highest BCUT2D eigenvalue weighted by Gasteiger charge is 2.32. The van der Waals surface area contributed by atoms with Crippen molar-refractivity contribution in [1.82, 2.24) is 4.90 Å². The van der Waals surface area contributed by atoms with Crippen molar-refractivity contribution >= 4 is 18.3 Å². The van der Waals surface area contributed by atoms with Gasteiger partial charge in [-0.3, -0.25) is 4.79 Å². The predicted octanol–water partition coefficient (Wildman–Crippen LogP) is 1.79. The van der Waals surface area contributed by atoms with E-state index in [-0.39, 0.29) is 30.3 Å². The van der Waals surface area contributed by atoms with E-state index in [0.717, 1.165) is 25.0 Å². The van der Waals surface area contributed by atoms with Gasteiger partial charge in [0.05, 0.1) is 18.7 Å². The molecular weight excluding hydrogens is 240 g/mol. The molecule has 1 amide bonds. The lowest BCUT2D eigenvalue weighted by Gasteiger charge is -2.22. The summed E-state index contributed by atoms with van der Waals surface area (Å²) in [6, 6.07) is 3.74. The number of nitrogens with two attached hydrogens (primary N) is 1. The van der Waals surface area contributed by atoms with Crippen molar-refractivity contribution in [3.8, 4) is 0 Å². The molecule has 96 valence electrons. The van der Waals surface area contributed by atoms with Crippen molar-refractivity contribution in [3.05, 3.63) is 24.2 Å². The molecule has 2 rings (SSSR count). The molecule has 2 unspecified atom stereocenters. The molecule has 0 bridgehead atoms. The summed E-state index contributed by atoms with van der Waals surface area (Å²) in [5, 5.41) is 0. The van der Waals surface area contributed by atoms with Crippen LogP contribution in [0.5, 0.6) is 0 Å². The van der Waals surface area contributed by atoms with Gasteiger partial charge in [0.1, 0.15) is 5.76 Å². The summed E-state index contributed by atoms with van der Waals surface area (Å²) in [5.41, 5.74) is 5.92. The van der Waals surface area contributed by atoms with Crippen LogP contribution in [-0.2, 0) is 11.3 Å². The van der Waals surface area contributed by atoms with E-state index in [0.29, 0.717) is 6.54 Å². The number of halogens is 1. The van der Waals surface area contributed by atoms with Crippen LogP contribution in [0.4, 0.5) is 0 Å². The first-order valence-corrected chi connectivity index (χ1v) is 5.71. The zero-order chi connectivity index (χ0) is 11.5. The fraction of sp³-hybridized carbons (Fsp3) is 0.583. The summed E-state index contributed by atoms with van der Waals surface area (Å²) in [5.74, 6) is 0.948. The molecule has 1 aliphatic rings. The van der Waals surface area contributed by atoms with Crippen molar-refractivity contribution in [3.63, 3.8) is 0 Å². The third-order valence-electron chi connectivity index (χ3n) is 3.24. The minimum atomic E-state index is -0.0000350. The molecular formula is C12H19ClN2O2. The van der Waals surface area contributed by atoms with Crippen LogP contribution in [0.1, 0.15) is 25.0 Å². The first-order chi connectivity index (χ1) is 7.68. The molecule has 0 aliphatic heterocycles. The standard InChI is InChI=1S/C12H18N2O2.ClH/c1-14(8-9-4-3-7-16-9)12(15)10-5-2-6-11(10)13;/h3-4,7,10-11H,2,5-6,8,13H2,1H3;1H. The molecule has 1 saturated carbocycles. The van der Waals surface area contributed by atoms with Crippen LogP contribution in [0, 0.1) is 5.92 Å². The van der Waals surface area contributed by atoms with Gasteiger partial charge in [-0.25, -0.2) is 0 Å². The Morgan fingerprint density at radius 3 is 2.88 bits per heavy atom. The normalized spacial score (nSPS) is 23.2. The van der Waals surface area contributed by atoms with Gasteiger partial charge in [0.25, 0.3) is 0 Å². The average molecular weight is 259 g/mol. The highest BCUT2D eigenvalue weighted by molar-refractivity contribution is 5.85. The average Bonchev–Trinajstić information content (AvgIpc) is 2.88. The Bertz CT molecular complexity index is 353. The molecule has 0 saturated heterocycles. The maximum Gasteiger partial charge on any atom is 0.227 e. The van der Waals surface area contributed by atoms with Crippen LogP contribution >= 0.6 is 12.4 Å². The third-order valence-corrected chi connectivity index (χ3v) is 3.24. The summed E-state index contributed by atoms with van der Waals surface area (Å²) < 4.78 is 5.22. The lowest BCUT2D eigenvalue weighted by molar-refractivity contribution is -0.135. The quantitative estimate of drug-likeness (QED) is 0.899. The van der Waals surface area contributed by atoms with Crippen molar-refractivity contribution in [2.24, 2.45) is 11.7 Å². The van der Waals surface area contributed by atoms with Crippen molar-refractivity contribution in [1.29, 1.82) is 0 Å². The molecule has 2 atom stereocenters. The van der Waals surface area contributed by atoms with E-state index in [9.17, 15) is 4.79 Å². The van der Waals surface area contributed by atoms with E-state index < -0.39 is 0 Å². The second kappa shape index (κ2) is 6.07. The smallest absolute Gasteiger partial charge is 0.227 e. The molecule has 1 aromatic rings. The first-order valence-electron chi connectivity index (χ1n) is 5.71. The summed E-state index contributed by atoms with van der Waals surface area (Å²) in [6.07, 6.45) is 4.56. The second-order valence-electron chi connectivity index (χ2n) is 4.47. The van der Waals surface area contributed by atoms with Crippen LogP contribution in [0.2, 0.25) is 0 Å². The van der Waals surface area contributed by atoms with Gasteiger partial charge in [0.2, 0.25) is 5.91 Å². The molecule has 1 aliphatic carbocycles. The number of amides is 1. The van der Waals surface area contributed by atoms with Gasteiger partial charge >= 0.3 is 0 Å². The monoisotopic (exact) mass is 258 g/mol. The third kappa shape index (κ3) is 3.23. The fourth-order valence-corrected chi connectivity index (χ4v) is 2.29. The van der Waals surface area contributed by atoms with Gasteiger partial charge in [-0.2, -0.15) is 0 Å². The molecule has 2 N–H and O–H groups in total. The Morgan fingerprint density at radius 1 is 1.59 bits per heavy atom. The molecule has 17 heavy (non-hydrogen) atoms. The molecule has 1 aromatic heterocycles. The topological polar surface area (TPSA) is 59.5 Å². The van der Waals surface area contributed by atoms with Crippen LogP contribution < -0.4 is 5.73 Å². The summed E-state index contributed by atoms with van der Waals surface area (Å²) in [6.45, 7) is 0.523. The summed E-state index contributed by atoms with van der Waals surface area (Å²) in [7, 11) is 1.80. The van der Waals surface area contributed by atoms with Gasteiger partial charge in [-0.1, -0.05) is 6.42 Å². The summed E-state index contributed by atoms with van der Waals surface area (Å²) >= 11 is 0. The zero-order valence-electron chi connectivity index (χ0n) is 9.96. The number of carbonyl (C=O) groups is 1. The molecule has 1 heterocycles. The van der Waals surface area contributed by atoms with Crippen molar-refractivity contribution in [2.75, 3.05) is 7.05 Å². The molecule has 4 nitrogen and oxygen atoms in total.